The maximum absolute atomic E-state index is 11.0. The monoisotopic (exact) mass is 274 g/mol. The standard InChI is InChI=1S/C16H10N4O/c17-9-12-3-5-15(6-4-12)20-16(8-14(11-21)19-20)13-2-1-7-18-10-13/h1-8,10-11H. The summed E-state index contributed by atoms with van der Waals surface area (Å²) in [4.78, 5) is 15.1. The van der Waals surface area contributed by atoms with E-state index in [1.165, 1.54) is 0 Å². The number of benzene rings is 1. The summed E-state index contributed by atoms with van der Waals surface area (Å²) in [6.45, 7) is 0. The van der Waals surface area contributed by atoms with Crippen LogP contribution < -0.4 is 0 Å². The van der Waals surface area contributed by atoms with E-state index in [9.17, 15) is 4.79 Å². The molecule has 5 heteroatoms. The first kappa shape index (κ1) is 12.8. The number of hydrogen-bond acceptors (Lipinski definition) is 4. The van der Waals surface area contributed by atoms with Crippen molar-refractivity contribution in [3.8, 4) is 23.0 Å². The van der Waals surface area contributed by atoms with Gasteiger partial charge in [0.25, 0.3) is 0 Å². The van der Waals surface area contributed by atoms with Crippen molar-refractivity contribution < 1.29 is 4.79 Å². The molecule has 2 aromatic heterocycles. The number of hydrogen-bond donors (Lipinski definition) is 0. The molecule has 0 atom stereocenters. The van der Waals surface area contributed by atoms with E-state index >= 15 is 0 Å². The second-order valence-electron chi connectivity index (χ2n) is 4.38. The van der Waals surface area contributed by atoms with Gasteiger partial charge in [-0.15, -0.1) is 0 Å². The fraction of sp³-hybridized carbons (Fsp3) is 0. The second kappa shape index (κ2) is 5.39. The summed E-state index contributed by atoms with van der Waals surface area (Å²) >= 11 is 0. The Balaban J connectivity index is 2.15. The molecule has 0 aliphatic carbocycles. The fourth-order valence-electron chi connectivity index (χ4n) is 2.05. The van der Waals surface area contributed by atoms with Crippen LogP contribution in [0.3, 0.4) is 0 Å². The first-order chi connectivity index (χ1) is 10.3. The molecule has 0 aliphatic heterocycles. The van der Waals surface area contributed by atoms with Crippen molar-refractivity contribution in [2.24, 2.45) is 0 Å². The first-order valence-electron chi connectivity index (χ1n) is 6.28. The smallest absolute Gasteiger partial charge is 0.170 e. The Morgan fingerprint density at radius 1 is 1.19 bits per heavy atom. The van der Waals surface area contributed by atoms with Crippen molar-refractivity contribution in [3.63, 3.8) is 0 Å². The zero-order valence-corrected chi connectivity index (χ0v) is 11.0. The maximum atomic E-state index is 11.0. The minimum Gasteiger partial charge on any atom is -0.296 e. The van der Waals surface area contributed by atoms with Crippen LogP contribution in [0.15, 0.2) is 54.9 Å². The Bertz CT molecular complexity index is 814. The Morgan fingerprint density at radius 3 is 2.62 bits per heavy atom. The number of nitrogens with zero attached hydrogens (tertiary/aromatic N) is 4. The molecular formula is C16H10N4O. The predicted molar refractivity (Wildman–Crippen MR) is 76.9 cm³/mol. The molecule has 0 saturated heterocycles. The Morgan fingerprint density at radius 2 is 2.00 bits per heavy atom. The van der Waals surface area contributed by atoms with E-state index in [4.69, 9.17) is 5.26 Å². The molecule has 0 saturated carbocycles. The average Bonchev–Trinajstić information content (AvgIpc) is 3.00. The Kier molecular flexibility index (Phi) is 3.27. The molecule has 0 spiro atoms. The van der Waals surface area contributed by atoms with Gasteiger partial charge in [-0.1, -0.05) is 0 Å². The number of pyridine rings is 1. The molecule has 0 N–H and O–H groups in total. The first-order valence-corrected chi connectivity index (χ1v) is 6.28. The Labute approximate surface area is 121 Å². The van der Waals surface area contributed by atoms with Crippen LogP contribution in [-0.2, 0) is 0 Å². The number of carbonyl (C=O) groups is 1. The number of carbonyl (C=O) groups excluding carboxylic acids is 1. The zero-order chi connectivity index (χ0) is 14.7. The average molecular weight is 274 g/mol. The summed E-state index contributed by atoms with van der Waals surface area (Å²) in [7, 11) is 0. The quantitative estimate of drug-likeness (QED) is 0.688. The topological polar surface area (TPSA) is 71.6 Å². The van der Waals surface area contributed by atoms with Crippen LogP contribution in [0.25, 0.3) is 16.9 Å². The lowest BCUT2D eigenvalue weighted by Gasteiger charge is -2.07. The van der Waals surface area contributed by atoms with Gasteiger partial charge in [0.15, 0.2) is 6.29 Å². The van der Waals surface area contributed by atoms with Crippen molar-refractivity contribution in [1.29, 1.82) is 5.26 Å². The van der Waals surface area contributed by atoms with Crippen LogP contribution in [0.4, 0.5) is 0 Å². The summed E-state index contributed by atoms with van der Waals surface area (Å²) in [6.07, 6.45) is 4.11. The molecular weight excluding hydrogens is 264 g/mol. The predicted octanol–water partition coefficient (Wildman–Crippen LogP) is 2.62. The van der Waals surface area contributed by atoms with E-state index in [1.54, 1.807) is 47.4 Å². The third-order valence-electron chi connectivity index (χ3n) is 3.05. The summed E-state index contributed by atoms with van der Waals surface area (Å²) in [5.74, 6) is 0. The minimum atomic E-state index is 0.346. The van der Waals surface area contributed by atoms with Gasteiger partial charge < -0.3 is 0 Å². The lowest BCUT2D eigenvalue weighted by atomic mass is 10.2. The van der Waals surface area contributed by atoms with Crippen LogP contribution >= 0.6 is 0 Å². The summed E-state index contributed by atoms with van der Waals surface area (Å²) < 4.78 is 1.67. The van der Waals surface area contributed by atoms with Gasteiger partial charge in [-0.2, -0.15) is 10.4 Å². The number of aldehydes is 1. The third kappa shape index (κ3) is 2.42. The molecule has 100 valence electrons. The van der Waals surface area contributed by atoms with Gasteiger partial charge in [-0.05, 0) is 42.5 Å². The number of nitriles is 1. The van der Waals surface area contributed by atoms with Crippen molar-refractivity contribution in [2.75, 3.05) is 0 Å². The molecule has 3 rings (SSSR count). The largest absolute Gasteiger partial charge is 0.296 e. The summed E-state index contributed by atoms with van der Waals surface area (Å²) in [5, 5.41) is 13.1. The van der Waals surface area contributed by atoms with Crippen molar-refractivity contribution in [1.82, 2.24) is 14.8 Å². The van der Waals surface area contributed by atoms with Gasteiger partial charge in [-0.3, -0.25) is 9.78 Å². The van der Waals surface area contributed by atoms with E-state index in [-0.39, 0.29) is 0 Å². The van der Waals surface area contributed by atoms with Crippen LogP contribution in [0.1, 0.15) is 16.1 Å². The van der Waals surface area contributed by atoms with Crippen molar-refractivity contribution in [3.05, 3.63) is 66.1 Å². The number of aromatic nitrogens is 3. The van der Waals surface area contributed by atoms with Gasteiger partial charge in [0.2, 0.25) is 0 Å². The molecule has 2 heterocycles. The van der Waals surface area contributed by atoms with Crippen LogP contribution in [0, 0.1) is 11.3 Å². The van der Waals surface area contributed by atoms with E-state index in [2.05, 4.69) is 16.2 Å². The molecule has 0 radical (unpaired) electrons. The molecule has 0 unspecified atom stereocenters. The van der Waals surface area contributed by atoms with E-state index < -0.39 is 0 Å². The molecule has 1 aromatic carbocycles. The van der Waals surface area contributed by atoms with Crippen molar-refractivity contribution >= 4 is 6.29 Å². The lowest BCUT2D eigenvalue weighted by Crippen LogP contribution is -1.99. The number of rotatable bonds is 3. The molecule has 0 fully saturated rings. The molecule has 0 amide bonds. The Hall–Kier alpha value is -3.26. The maximum Gasteiger partial charge on any atom is 0.170 e. The molecule has 0 bridgehead atoms. The van der Waals surface area contributed by atoms with E-state index in [0.717, 1.165) is 16.9 Å². The summed E-state index contributed by atoms with van der Waals surface area (Å²) in [5.41, 5.74) is 3.33. The van der Waals surface area contributed by atoms with Crippen LogP contribution in [0.2, 0.25) is 0 Å². The van der Waals surface area contributed by atoms with Crippen molar-refractivity contribution in [2.45, 2.75) is 0 Å². The van der Waals surface area contributed by atoms with Gasteiger partial charge >= 0.3 is 0 Å². The third-order valence-corrected chi connectivity index (χ3v) is 3.05. The van der Waals surface area contributed by atoms with Gasteiger partial charge in [0.05, 0.1) is 23.0 Å². The zero-order valence-electron chi connectivity index (χ0n) is 11.0. The molecule has 21 heavy (non-hydrogen) atoms. The van der Waals surface area contributed by atoms with Crippen LogP contribution in [-0.4, -0.2) is 21.1 Å². The molecule has 0 aliphatic rings. The van der Waals surface area contributed by atoms with E-state index in [1.807, 2.05) is 12.1 Å². The fourth-order valence-corrected chi connectivity index (χ4v) is 2.05. The highest BCUT2D eigenvalue weighted by Gasteiger charge is 2.11. The second-order valence-corrected chi connectivity index (χ2v) is 4.38. The highest BCUT2D eigenvalue weighted by Crippen LogP contribution is 2.23. The molecule has 3 aromatic rings. The summed E-state index contributed by atoms with van der Waals surface area (Å²) in [6, 6.07) is 14.5. The minimum absolute atomic E-state index is 0.346. The SMILES string of the molecule is N#Cc1ccc(-n2nc(C=O)cc2-c2cccnc2)cc1. The molecule has 5 nitrogen and oxygen atoms in total. The van der Waals surface area contributed by atoms with Gasteiger partial charge in [0.1, 0.15) is 5.69 Å². The van der Waals surface area contributed by atoms with E-state index in [0.29, 0.717) is 17.5 Å². The normalized spacial score (nSPS) is 10.0. The van der Waals surface area contributed by atoms with Gasteiger partial charge in [0, 0.05) is 18.0 Å². The highest BCUT2D eigenvalue weighted by molar-refractivity contribution is 5.76. The van der Waals surface area contributed by atoms with Crippen LogP contribution in [0.5, 0.6) is 0 Å². The van der Waals surface area contributed by atoms with Gasteiger partial charge in [-0.25, -0.2) is 4.68 Å². The highest BCUT2D eigenvalue weighted by atomic mass is 16.1. The lowest BCUT2D eigenvalue weighted by molar-refractivity contribution is 0.111.